The molecule has 1 saturated heterocycles. The second-order valence-corrected chi connectivity index (χ2v) is 9.52. The van der Waals surface area contributed by atoms with Gasteiger partial charge in [-0.1, -0.05) is 41.9 Å². The highest BCUT2D eigenvalue weighted by molar-refractivity contribution is 6.34. The zero-order chi connectivity index (χ0) is 25.0. The second kappa shape index (κ2) is 8.50. The molecule has 3 heterocycles. The molecular weight excluding hydrogens is 486 g/mol. The molecule has 182 valence electrons. The highest BCUT2D eigenvalue weighted by Gasteiger charge is 2.50. The van der Waals surface area contributed by atoms with E-state index in [1.54, 1.807) is 0 Å². The van der Waals surface area contributed by atoms with Gasteiger partial charge in [0.2, 0.25) is 5.91 Å². The molecule has 0 radical (unpaired) electrons. The molecule has 3 aromatic carbocycles. The van der Waals surface area contributed by atoms with E-state index in [1.807, 2.05) is 30.3 Å². The van der Waals surface area contributed by atoms with Crippen molar-refractivity contribution in [3.63, 3.8) is 0 Å². The number of nitrogens with zero attached hydrogens (tertiary/aromatic N) is 2. The fourth-order valence-corrected chi connectivity index (χ4v) is 5.82. The van der Waals surface area contributed by atoms with Crippen LogP contribution in [-0.4, -0.2) is 28.5 Å². The maximum absolute atomic E-state index is 16.0. The average Bonchev–Trinajstić information content (AvgIpc) is 3.55. The van der Waals surface area contributed by atoms with Gasteiger partial charge in [-0.2, -0.15) is 0 Å². The summed E-state index contributed by atoms with van der Waals surface area (Å²) in [6.45, 7) is 0.825. The van der Waals surface area contributed by atoms with Crippen LogP contribution < -0.4 is 15.8 Å². The molecule has 0 aliphatic carbocycles. The van der Waals surface area contributed by atoms with Crippen molar-refractivity contribution < 1.29 is 18.3 Å². The van der Waals surface area contributed by atoms with Crippen molar-refractivity contribution in [2.24, 2.45) is 5.73 Å². The normalized spacial score (nSPS) is 20.9. The van der Waals surface area contributed by atoms with Gasteiger partial charge in [0.05, 0.1) is 16.6 Å². The molecule has 1 aromatic heterocycles. The van der Waals surface area contributed by atoms with Gasteiger partial charge >= 0.3 is 0 Å². The van der Waals surface area contributed by atoms with Crippen LogP contribution in [0.25, 0.3) is 22.0 Å². The van der Waals surface area contributed by atoms with Crippen LogP contribution >= 0.6 is 11.6 Å². The zero-order valence-corrected chi connectivity index (χ0v) is 19.8. The first-order chi connectivity index (χ1) is 17.4. The summed E-state index contributed by atoms with van der Waals surface area (Å²) in [4.78, 5) is 20.4. The first-order valence-corrected chi connectivity index (χ1v) is 12.0. The molecule has 3 N–H and O–H groups in total. The van der Waals surface area contributed by atoms with E-state index in [-0.39, 0.29) is 39.0 Å². The lowest BCUT2D eigenvalue weighted by Gasteiger charge is -2.35. The predicted octanol–water partition coefficient (Wildman–Crippen LogP) is 4.91. The number of hydrogen-bond acceptors (Lipinski definition) is 5. The second-order valence-electron chi connectivity index (χ2n) is 9.15. The molecular formula is C27H21ClF2N4O2. The third-order valence-corrected chi connectivity index (χ3v) is 7.53. The van der Waals surface area contributed by atoms with Crippen molar-refractivity contribution in [2.75, 3.05) is 6.54 Å². The summed E-state index contributed by atoms with van der Waals surface area (Å²) in [6, 6.07) is 12.2. The quantitative estimate of drug-likeness (QED) is 0.410. The van der Waals surface area contributed by atoms with E-state index in [1.165, 1.54) is 24.7 Å². The van der Waals surface area contributed by atoms with Crippen LogP contribution in [0.2, 0.25) is 5.02 Å². The Kier molecular flexibility index (Phi) is 5.39. The van der Waals surface area contributed by atoms with E-state index in [0.29, 0.717) is 17.4 Å². The van der Waals surface area contributed by atoms with Gasteiger partial charge < -0.3 is 15.8 Å². The number of carbonyl (C=O) groups excluding carboxylic acids is 1. The summed E-state index contributed by atoms with van der Waals surface area (Å²) in [7, 11) is 0. The highest BCUT2D eigenvalue weighted by Crippen LogP contribution is 2.52. The molecule has 0 spiro atoms. The Bertz CT molecular complexity index is 1530. The Morgan fingerprint density at radius 1 is 1.19 bits per heavy atom. The Balaban J connectivity index is 1.63. The Hall–Kier alpha value is -3.62. The Labute approximate surface area is 210 Å². The number of primary amides is 1. The van der Waals surface area contributed by atoms with Crippen LogP contribution in [0, 0.1) is 11.6 Å². The molecule has 0 bridgehead atoms. The van der Waals surface area contributed by atoms with Crippen LogP contribution in [0.5, 0.6) is 5.75 Å². The van der Waals surface area contributed by atoms with E-state index >= 15 is 8.78 Å². The standard InChI is InChI=1S/C27H21ClF2N4O2/c28-23-18(29)10-19-17(11-27(36-19,20-7-4-8-33-20)15-5-2-1-3-6-15)21(23)22-16(26(31)35)9-14-12-32-13-34-25(14)24(22)30/h1-3,5-6,9-10,12-13,20,33H,4,7-8,11H2,(H2,31,35)/t20-,27-/m0/s1. The number of benzene rings is 3. The molecule has 1 amide bonds. The highest BCUT2D eigenvalue weighted by atomic mass is 35.5. The van der Waals surface area contributed by atoms with Gasteiger partial charge in [0.25, 0.3) is 0 Å². The first kappa shape index (κ1) is 22.8. The molecule has 1 fully saturated rings. The van der Waals surface area contributed by atoms with Gasteiger partial charge in [0, 0.05) is 40.8 Å². The molecule has 6 rings (SSSR count). The molecule has 0 saturated carbocycles. The first-order valence-electron chi connectivity index (χ1n) is 11.6. The van der Waals surface area contributed by atoms with E-state index in [9.17, 15) is 4.79 Å². The number of nitrogens with one attached hydrogen (secondary N) is 1. The van der Waals surface area contributed by atoms with E-state index in [0.717, 1.165) is 24.9 Å². The van der Waals surface area contributed by atoms with Crippen LogP contribution in [0.15, 0.2) is 55.0 Å². The topological polar surface area (TPSA) is 90.1 Å². The van der Waals surface area contributed by atoms with Crippen molar-refractivity contribution in [3.05, 3.63) is 88.3 Å². The van der Waals surface area contributed by atoms with Crippen LogP contribution in [0.4, 0.5) is 8.78 Å². The van der Waals surface area contributed by atoms with Crippen molar-refractivity contribution >= 4 is 28.4 Å². The molecule has 0 unspecified atom stereocenters. The maximum atomic E-state index is 16.0. The molecule has 9 heteroatoms. The largest absolute Gasteiger partial charge is 0.480 e. The van der Waals surface area contributed by atoms with E-state index in [4.69, 9.17) is 22.1 Å². The monoisotopic (exact) mass is 506 g/mol. The fraction of sp³-hybridized carbons (Fsp3) is 0.222. The molecule has 2 aliphatic heterocycles. The van der Waals surface area contributed by atoms with Crippen molar-refractivity contribution in [2.45, 2.75) is 30.9 Å². The smallest absolute Gasteiger partial charge is 0.249 e. The van der Waals surface area contributed by atoms with E-state index in [2.05, 4.69) is 15.3 Å². The SMILES string of the molecule is NC(=O)c1cc2cncnc2c(F)c1-c1c(Cl)c(F)cc2c1C[C@](c1ccccc1)([C@@H]1CCCN1)O2. The number of fused-ring (bicyclic) bond motifs is 2. The van der Waals surface area contributed by atoms with Gasteiger partial charge in [-0.15, -0.1) is 0 Å². The molecule has 36 heavy (non-hydrogen) atoms. The summed E-state index contributed by atoms with van der Waals surface area (Å²) >= 11 is 6.51. The van der Waals surface area contributed by atoms with Crippen molar-refractivity contribution in [1.82, 2.24) is 15.3 Å². The van der Waals surface area contributed by atoms with E-state index < -0.39 is 23.1 Å². The number of amides is 1. The maximum Gasteiger partial charge on any atom is 0.249 e. The number of nitrogens with two attached hydrogens (primary N) is 1. The molecule has 2 aliphatic rings. The van der Waals surface area contributed by atoms with Gasteiger partial charge in [-0.3, -0.25) is 4.79 Å². The Morgan fingerprint density at radius 2 is 2.00 bits per heavy atom. The zero-order valence-electron chi connectivity index (χ0n) is 19.0. The Morgan fingerprint density at radius 3 is 2.72 bits per heavy atom. The summed E-state index contributed by atoms with van der Waals surface area (Å²) in [6.07, 6.45) is 4.69. The summed E-state index contributed by atoms with van der Waals surface area (Å²) in [5, 5.41) is 3.49. The number of ether oxygens (including phenoxy) is 1. The van der Waals surface area contributed by atoms with Crippen LogP contribution in [0.3, 0.4) is 0 Å². The van der Waals surface area contributed by atoms with Crippen molar-refractivity contribution in [3.8, 4) is 16.9 Å². The number of rotatable bonds is 4. The molecule has 6 nitrogen and oxygen atoms in total. The fourth-order valence-electron chi connectivity index (χ4n) is 5.55. The van der Waals surface area contributed by atoms with Crippen molar-refractivity contribution in [1.29, 1.82) is 0 Å². The van der Waals surface area contributed by atoms with Gasteiger partial charge in [0.1, 0.15) is 23.4 Å². The minimum atomic E-state index is -0.880. The lowest BCUT2D eigenvalue weighted by Crippen LogP contribution is -2.48. The number of halogens is 3. The minimum Gasteiger partial charge on any atom is -0.480 e. The van der Waals surface area contributed by atoms with Crippen LogP contribution in [-0.2, 0) is 12.0 Å². The summed E-state index contributed by atoms with van der Waals surface area (Å²) in [5.74, 6) is -2.24. The van der Waals surface area contributed by atoms with Gasteiger partial charge in [0.15, 0.2) is 11.4 Å². The lowest BCUT2D eigenvalue weighted by molar-refractivity contribution is 0.0539. The van der Waals surface area contributed by atoms with Gasteiger partial charge in [-0.05, 0) is 31.0 Å². The minimum absolute atomic E-state index is 0.0234. The lowest BCUT2D eigenvalue weighted by atomic mass is 9.80. The van der Waals surface area contributed by atoms with Gasteiger partial charge in [-0.25, -0.2) is 18.7 Å². The summed E-state index contributed by atoms with van der Waals surface area (Å²) in [5.41, 5.74) is 5.91. The number of carbonyl (C=O) groups is 1. The third-order valence-electron chi connectivity index (χ3n) is 7.16. The molecule has 4 aromatic rings. The number of hydrogen-bond donors (Lipinski definition) is 2. The van der Waals surface area contributed by atoms with Crippen LogP contribution in [0.1, 0.15) is 34.3 Å². The average molecular weight is 507 g/mol. The number of aromatic nitrogens is 2. The molecule has 2 atom stereocenters. The summed E-state index contributed by atoms with van der Waals surface area (Å²) < 4.78 is 37.8. The third kappa shape index (κ3) is 3.36. The predicted molar refractivity (Wildman–Crippen MR) is 132 cm³/mol.